The second-order valence-corrected chi connectivity index (χ2v) is 8.31. The lowest BCUT2D eigenvalue weighted by atomic mass is 9.88. The Kier molecular flexibility index (Phi) is 7.57. The zero-order valence-electron chi connectivity index (χ0n) is 16.8. The van der Waals surface area contributed by atoms with Crippen LogP contribution >= 0.6 is 0 Å². The molecule has 1 atom stereocenters. The quantitative estimate of drug-likeness (QED) is 0.699. The van der Waals surface area contributed by atoms with Crippen molar-refractivity contribution in [3.8, 4) is 0 Å². The smallest absolute Gasteiger partial charge is 0.370 e. The van der Waals surface area contributed by atoms with E-state index >= 15 is 0 Å². The van der Waals surface area contributed by atoms with Gasteiger partial charge in [0.1, 0.15) is 0 Å². The third kappa shape index (κ3) is 7.30. The number of carbonyl (C=O) groups excluding carboxylic acids is 1. The minimum atomic E-state index is -4.29. The van der Waals surface area contributed by atoms with Crippen LogP contribution in [0.1, 0.15) is 50.5 Å². The average molecular weight is 412 g/mol. The number of piperidine rings is 1. The van der Waals surface area contributed by atoms with Crippen LogP contribution in [0.3, 0.4) is 0 Å². The molecule has 2 aliphatic rings. The number of rotatable bonds is 8. The summed E-state index contributed by atoms with van der Waals surface area (Å²) in [6, 6.07) is 10.5. The first-order chi connectivity index (χ1) is 13.8. The molecule has 1 amide bonds. The first kappa shape index (κ1) is 22.1. The van der Waals surface area contributed by atoms with Crippen molar-refractivity contribution in [2.75, 3.05) is 26.2 Å². The lowest BCUT2D eigenvalue weighted by Gasteiger charge is -2.39. The Bertz CT molecular complexity index is 643. The van der Waals surface area contributed by atoms with E-state index in [9.17, 15) is 18.0 Å². The predicted octanol–water partition coefficient (Wildman–Crippen LogP) is 4.09. The van der Waals surface area contributed by atoms with E-state index in [0.29, 0.717) is 6.54 Å². The van der Waals surface area contributed by atoms with E-state index in [1.54, 1.807) is 0 Å². The Balaban J connectivity index is 1.31. The molecule has 1 spiro atoms. The van der Waals surface area contributed by atoms with Crippen molar-refractivity contribution < 1.29 is 22.7 Å². The van der Waals surface area contributed by atoms with Gasteiger partial charge in [0, 0.05) is 26.1 Å². The molecule has 0 unspecified atom stereocenters. The van der Waals surface area contributed by atoms with Crippen LogP contribution in [0.4, 0.5) is 13.2 Å². The summed E-state index contributed by atoms with van der Waals surface area (Å²) >= 11 is 0. The molecule has 1 aromatic rings. The molecule has 2 saturated heterocycles. The predicted molar refractivity (Wildman–Crippen MR) is 106 cm³/mol. The first-order valence-electron chi connectivity index (χ1n) is 10.6. The maximum Gasteiger partial charge on any atom is 0.389 e. The molecule has 1 aromatic carbocycles. The topological polar surface area (TPSA) is 41.6 Å². The molecule has 2 fully saturated rings. The minimum absolute atomic E-state index is 0.0885. The Morgan fingerprint density at radius 2 is 1.90 bits per heavy atom. The van der Waals surface area contributed by atoms with Crippen LogP contribution < -0.4 is 5.32 Å². The zero-order chi connectivity index (χ0) is 20.7. The molecule has 0 aromatic heterocycles. The summed E-state index contributed by atoms with van der Waals surface area (Å²) in [6.07, 6.45) is 0.0532. The molecular weight excluding hydrogens is 381 g/mol. The highest BCUT2D eigenvalue weighted by Gasteiger charge is 2.42. The Morgan fingerprint density at radius 3 is 2.59 bits per heavy atom. The van der Waals surface area contributed by atoms with Gasteiger partial charge in [0.25, 0.3) is 0 Å². The first-order valence-corrected chi connectivity index (χ1v) is 10.6. The number of nitrogens with zero attached hydrogens (tertiary/aromatic N) is 1. The summed E-state index contributed by atoms with van der Waals surface area (Å²) in [5.41, 5.74) is 1.26. The molecule has 2 aliphatic heterocycles. The third-order valence-corrected chi connectivity index (χ3v) is 6.05. The minimum Gasteiger partial charge on any atom is -0.370 e. The summed E-state index contributed by atoms with van der Waals surface area (Å²) in [6.45, 7) is 3.42. The molecule has 1 N–H and O–H groups in total. The van der Waals surface area contributed by atoms with Gasteiger partial charge in [-0.15, -0.1) is 0 Å². The molecule has 2 heterocycles. The van der Waals surface area contributed by atoms with Gasteiger partial charge >= 0.3 is 6.18 Å². The normalized spacial score (nSPS) is 22.1. The fourth-order valence-corrected chi connectivity index (χ4v) is 4.31. The van der Waals surface area contributed by atoms with E-state index in [4.69, 9.17) is 4.74 Å². The van der Waals surface area contributed by atoms with Gasteiger partial charge in [0.05, 0.1) is 18.1 Å². The van der Waals surface area contributed by atoms with E-state index < -0.39 is 24.9 Å². The van der Waals surface area contributed by atoms with Gasteiger partial charge in [-0.1, -0.05) is 30.3 Å². The number of halogens is 3. The molecule has 0 radical (unpaired) electrons. The largest absolute Gasteiger partial charge is 0.389 e. The van der Waals surface area contributed by atoms with Crippen LogP contribution in [0.15, 0.2) is 30.3 Å². The molecule has 0 saturated carbocycles. The van der Waals surface area contributed by atoms with Gasteiger partial charge in [-0.2, -0.15) is 13.2 Å². The third-order valence-electron chi connectivity index (χ3n) is 6.05. The van der Waals surface area contributed by atoms with Crippen molar-refractivity contribution in [1.29, 1.82) is 0 Å². The number of amides is 1. The number of hydrogen-bond donors (Lipinski definition) is 1. The van der Waals surface area contributed by atoms with E-state index in [0.717, 1.165) is 58.2 Å². The van der Waals surface area contributed by atoms with Crippen molar-refractivity contribution in [2.24, 2.45) is 0 Å². The van der Waals surface area contributed by atoms with Gasteiger partial charge in [-0.05, 0) is 50.6 Å². The highest BCUT2D eigenvalue weighted by Crippen LogP contribution is 2.38. The van der Waals surface area contributed by atoms with Gasteiger partial charge < -0.3 is 15.0 Å². The number of aryl methyl sites for hydroxylation is 1. The summed E-state index contributed by atoms with van der Waals surface area (Å²) < 4.78 is 42.8. The lowest BCUT2D eigenvalue weighted by Crippen LogP contribution is -2.45. The molecule has 0 bridgehead atoms. The van der Waals surface area contributed by atoms with Crippen molar-refractivity contribution in [1.82, 2.24) is 10.2 Å². The maximum atomic E-state index is 12.2. The summed E-state index contributed by atoms with van der Waals surface area (Å²) in [4.78, 5) is 14.1. The van der Waals surface area contributed by atoms with Crippen molar-refractivity contribution in [2.45, 2.75) is 69.2 Å². The van der Waals surface area contributed by atoms with E-state index in [1.807, 2.05) is 6.07 Å². The number of hydrogen-bond acceptors (Lipinski definition) is 3. The molecule has 3 rings (SSSR count). The highest BCUT2D eigenvalue weighted by molar-refractivity contribution is 5.75. The van der Waals surface area contributed by atoms with Crippen LogP contribution in [0, 0.1) is 0 Å². The lowest BCUT2D eigenvalue weighted by molar-refractivity contribution is -0.144. The van der Waals surface area contributed by atoms with Gasteiger partial charge in [0.2, 0.25) is 5.91 Å². The van der Waals surface area contributed by atoms with E-state index in [2.05, 4.69) is 34.5 Å². The van der Waals surface area contributed by atoms with Gasteiger partial charge in [-0.3, -0.25) is 4.79 Å². The van der Waals surface area contributed by atoms with Crippen molar-refractivity contribution >= 4 is 5.91 Å². The molecule has 162 valence electrons. The summed E-state index contributed by atoms with van der Waals surface area (Å²) in [5, 5.41) is 2.60. The average Bonchev–Trinajstić information content (AvgIpc) is 3.09. The Labute approximate surface area is 170 Å². The van der Waals surface area contributed by atoms with Gasteiger partial charge in [0.15, 0.2) is 0 Å². The molecule has 4 nitrogen and oxygen atoms in total. The molecule has 0 aliphatic carbocycles. The number of likely N-dealkylation sites (tertiary alicyclic amines) is 1. The standard InChI is InChI=1S/C22H31F3N2O2/c23-22(24,25)11-9-20(28)26-17-19-8-10-21(29-19)12-15-27(16-13-21)14-4-7-18-5-2-1-3-6-18/h1-3,5-6,19H,4,7-17H2,(H,26,28)/t19-/m0/s1. The highest BCUT2D eigenvalue weighted by atomic mass is 19.4. The summed E-state index contributed by atoms with van der Waals surface area (Å²) in [5.74, 6) is -0.555. The van der Waals surface area contributed by atoms with Crippen LogP contribution in [0.2, 0.25) is 0 Å². The zero-order valence-corrected chi connectivity index (χ0v) is 16.8. The maximum absolute atomic E-state index is 12.2. The fraction of sp³-hybridized carbons (Fsp3) is 0.682. The second-order valence-electron chi connectivity index (χ2n) is 8.31. The fourth-order valence-electron chi connectivity index (χ4n) is 4.31. The number of ether oxygens (including phenoxy) is 1. The second kappa shape index (κ2) is 9.94. The van der Waals surface area contributed by atoms with Crippen molar-refractivity contribution in [3.05, 3.63) is 35.9 Å². The number of benzene rings is 1. The van der Waals surface area contributed by atoms with E-state index in [-0.39, 0.29) is 11.7 Å². The number of alkyl halides is 3. The summed E-state index contributed by atoms with van der Waals surface area (Å²) in [7, 11) is 0. The molecule has 7 heteroatoms. The number of carbonyl (C=O) groups is 1. The van der Waals surface area contributed by atoms with Crippen LogP contribution in [-0.2, 0) is 16.0 Å². The number of nitrogens with one attached hydrogen (secondary N) is 1. The monoisotopic (exact) mass is 412 g/mol. The molecule has 29 heavy (non-hydrogen) atoms. The van der Waals surface area contributed by atoms with Crippen LogP contribution in [0.5, 0.6) is 0 Å². The van der Waals surface area contributed by atoms with Gasteiger partial charge in [-0.25, -0.2) is 0 Å². The Hall–Kier alpha value is -1.60. The van der Waals surface area contributed by atoms with Crippen LogP contribution in [0.25, 0.3) is 0 Å². The van der Waals surface area contributed by atoms with Crippen LogP contribution in [-0.4, -0.2) is 54.9 Å². The Morgan fingerprint density at radius 1 is 1.17 bits per heavy atom. The molecular formula is C22H31F3N2O2. The van der Waals surface area contributed by atoms with Crippen molar-refractivity contribution in [3.63, 3.8) is 0 Å². The SMILES string of the molecule is O=C(CCC(F)(F)F)NC[C@@H]1CCC2(CCN(CCCc3ccccc3)CC2)O1. The van der Waals surface area contributed by atoms with E-state index in [1.165, 1.54) is 5.56 Å².